The summed E-state index contributed by atoms with van der Waals surface area (Å²) in [4.78, 5) is 7.25. The molecule has 2 atom stereocenters. The van der Waals surface area contributed by atoms with Gasteiger partial charge in [0, 0.05) is 31.7 Å². The van der Waals surface area contributed by atoms with Crippen LogP contribution in [-0.2, 0) is 0 Å². The predicted octanol–water partition coefficient (Wildman–Crippen LogP) is 2.30. The van der Waals surface area contributed by atoms with E-state index in [1.165, 1.54) is 32.2 Å². The van der Waals surface area contributed by atoms with Crippen LogP contribution in [0.15, 0.2) is 29.3 Å². The van der Waals surface area contributed by atoms with Crippen LogP contribution in [0.25, 0.3) is 0 Å². The molecule has 1 aliphatic heterocycles. The number of nitrogens with zero attached hydrogens (tertiary/aromatic N) is 2. The molecule has 150 valence electrons. The number of guanidine groups is 1. The molecule has 2 fully saturated rings. The first-order valence-corrected chi connectivity index (χ1v) is 10.3. The average molecular weight is 375 g/mol. The largest absolute Gasteiger partial charge is 0.497 e. The molecule has 1 aromatic rings. The summed E-state index contributed by atoms with van der Waals surface area (Å²) in [5.41, 5.74) is 0.822. The first-order valence-electron chi connectivity index (χ1n) is 10.3. The smallest absolute Gasteiger partial charge is 0.191 e. The van der Waals surface area contributed by atoms with Crippen LogP contribution in [0.2, 0.25) is 0 Å². The minimum absolute atomic E-state index is 0.321. The van der Waals surface area contributed by atoms with Crippen LogP contribution in [0.3, 0.4) is 0 Å². The maximum Gasteiger partial charge on any atom is 0.191 e. The second kappa shape index (κ2) is 9.95. The molecular weight excluding hydrogens is 340 g/mol. The van der Waals surface area contributed by atoms with Crippen LogP contribution in [-0.4, -0.2) is 61.3 Å². The van der Waals surface area contributed by atoms with Crippen molar-refractivity contribution < 1.29 is 9.84 Å². The van der Waals surface area contributed by atoms with Gasteiger partial charge in [-0.3, -0.25) is 9.89 Å². The molecule has 3 rings (SSSR count). The summed E-state index contributed by atoms with van der Waals surface area (Å²) in [6.07, 6.45) is 5.98. The van der Waals surface area contributed by atoms with Crippen LogP contribution in [0, 0.1) is 0 Å². The standard InChI is InChI=1S/C21H34N4O2/c1-3-22-21(23-14-20(26)16-7-6-10-19(13-16)27-2)24-17-11-12-25(15-17)18-8-4-5-9-18/h6-7,10,13,17-18,20,26H,3-5,8-9,11-12,14-15H2,1-2H3,(H2,22,23,24). The van der Waals surface area contributed by atoms with Crippen molar-refractivity contribution in [3.05, 3.63) is 29.8 Å². The van der Waals surface area contributed by atoms with Gasteiger partial charge in [0.1, 0.15) is 5.75 Å². The lowest BCUT2D eigenvalue weighted by Gasteiger charge is -2.24. The quantitative estimate of drug-likeness (QED) is 0.505. The number of rotatable bonds is 7. The van der Waals surface area contributed by atoms with E-state index in [9.17, 15) is 5.11 Å². The van der Waals surface area contributed by atoms with Gasteiger partial charge in [0.15, 0.2) is 5.96 Å². The zero-order valence-electron chi connectivity index (χ0n) is 16.7. The number of ether oxygens (including phenoxy) is 1. The zero-order valence-corrected chi connectivity index (χ0v) is 16.7. The van der Waals surface area contributed by atoms with E-state index < -0.39 is 6.10 Å². The van der Waals surface area contributed by atoms with E-state index in [-0.39, 0.29) is 0 Å². The number of aliphatic imine (C=N–C) groups is 1. The van der Waals surface area contributed by atoms with Gasteiger partial charge in [-0.25, -0.2) is 0 Å². The molecule has 1 heterocycles. The Morgan fingerprint density at radius 1 is 1.33 bits per heavy atom. The fraction of sp³-hybridized carbons (Fsp3) is 0.667. The fourth-order valence-corrected chi connectivity index (χ4v) is 4.15. The van der Waals surface area contributed by atoms with E-state index in [0.29, 0.717) is 12.6 Å². The number of nitrogens with one attached hydrogen (secondary N) is 2. The van der Waals surface area contributed by atoms with Gasteiger partial charge in [-0.15, -0.1) is 0 Å². The van der Waals surface area contributed by atoms with Gasteiger partial charge < -0.3 is 20.5 Å². The molecule has 6 heteroatoms. The van der Waals surface area contributed by atoms with Gasteiger partial charge in [-0.1, -0.05) is 25.0 Å². The van der Waals surface area contributed by atoms with Gasteiger partial charge in [0.25, 0.3) is 0 Å². The van der Waals surface area contributed by atoms with Crippen LogP contribution < -0.4 is 15.4 Å². The lowest BCUT2D eigenvalue weighted by Crippen LogP contribution is -2.45. The number of hydrogen-bond donors (Lipinski definition) is 3. The Balaban J connectivity index is 1.54. The Hall–Kier alpha value is -1.79. The summed E-state index contributed by atoms with van der Waals surface area (Å²) >= 11 is 0. The van der Waals surface area contributed by atoms with Crippen molar-refractivity contribution in [3.63, 3.8) is 0 Å². The van der Waals surface area contributed by atoms with Crippen LogP contribution >= 0.6 is 0 Å². The normalized spacial score (nSPS) is 22.8. The van der Waals surface area contributed by atoms with E-state index in [2.05, 4.69) is 27.4 Å². The molecule has 6 nitrogen and oxygen atoms in total. The number of aliphatic hydroxyl groups is 1. The van der Waals surface area contributed by atoms with E-state index in [0.717, 1.165) is 42.8 Å². The Kier molecular flexibility index (Phi) is 7.35. The molecule has 1 saturated heterocycles. The molecule has 1 aromatic carbocycles. The molecular formula is C21H34N4O2. The van der Waals surface area contributed by atoms with Crippen molar-refractivity contribution in [1.82, 2.24) is 15.5 Å². The number of likely N-dealkylation sites (tertiary alicyclic amines) is 1. The summed E-state index contributed by atoms with van der Waals surface area (Å²) < 4.78 is 5.23. The van der Waals surface area contributed by atoms with Gasteiger partial charge in [-0.05, 0) is 43.9 Å². The molecule has 0 bridgehead atoms. The minimum Gasteiger partial charge on any atom is -0.497 e. The van der Waals surface area contributed by atoms with Crippen LogP contribution in [0.1, 0.15) is 50.7 Å². The van der Waals surface area contributed by atoms with Crippen molar-refractivity contribution in [3.8, 4) is 5.75 Å². The first-order chi connectivity index (χ1) is 13.2. The Morgan fingerprint density at radius 3 is 2.89 bits per heavy atom. The summed E-state index contributed by atoms with van der Waals surface area (Å²) in [5.74, 6) is 1.54. The van der Waals surface area contributed by atoms with Crippen LogP contribution in [0.4, 0.5) is 0 Å². The first kappa shape index (κ1) is 20.0. The monoisotopic (exact) mass is 374 g/mol. The van der Waals surface area contributed by atoms with E-state index in [1.807, 2.05) is 24.3 Å². The molecule has 1 aliphatic carbocycles. The third kappa shape index (κ3) is 5.59. The lowest BCUT2D eigenvalue weighted by atomic mass is 10.1. The van der Waals surface area contributed by atoms with Crippen LogP contribution in [0.5, 0.6) is 5.75 Å². The highest BCUT2D eigenvalue weighted by molar-refractivity contribution is 5.80. The third-order valence-corrected chi connectivity index (χ3v) is 5.65. The highest BCUT2D eigenvalue weighted by atomic mass is 16.5. The topological polar surface area (TPSA) is 69.1 Å². The van der Waals surface area contributed by atoms with Crippen molar-refractivity contribution >= 4 is 5.96 Å². The lowest BCUT2D eigenvalue weighted by molar-refractivity contribution is 0.186. The molecule has 2 unspecified atom stereocenters. The average Bonchev–Trinajstić information content (AvgIpc) is 3.38. The van der Waals surface area contributed by atoms with Gasteiger partial charge in [0.2, 0.25) is 0 Å². The molecule has 2 aliphatic rings. The second-order valence-electron chi connectivity index (χ2n) is 7.58. The van der Waals surface area contributed by atoms with Gasteiger partial charge in [-0.2, -0.15) is 0 Å². The number of hydrogen-bond acceptors (Lipinski definition) is 4. The highest BCUT2D eigenvalue weighted by Gasteiger charge is 2.30. The van der Waals surface area contributed by atoms with Crippen molar-refractivity contribution in [2.45, 2.75) is 57.2 Å². The maximum absolute atomic E-state index is 10.5. The third-order valence-electron chi connectivity index (χ3n) is 5.65. The predicted molar refractivity (Wildman–Crippen MR) is 109 cm³/mol. The van der Waals surface area contributed by atoms with Crippen molar-refractivity contribution in [2.24, 2.45) is 4.99 Å². The van der Waals surface area contributed by atoms with Crippen molar-refractivity contribution in [1.29, 1.82) is 0 Å². The Bertz CT molecular complexity index is 616. The zero-order chi connectivity index (χ0) is 19.1. The molecule has 0 spiro atoms. The molecule has 0 amide bonds. The summed E-state index contributed by atoms with van der Waals surface area (Å²) in [5, 5.41) is 17.3. The molecule has 3 N–H and O–H groups in total. The highest BCUT2D eigenvalue weighted by Crippen LogP contribution is 2.26. The van der Waals surface area contributed by atoms with Gasteiger partial charge >= 0.3 is 0 Å². The van der Waals surface area contributed by atoms with E-state index >= 15 is 0 Å². The Labute approximate surface area is 163 Å². The van der Waals surface area contributed by atoms with Crippen molar-refractivity contribution in [2.75, 3.05) is 33.3 Å². The molecule has 1 saturated carbocycles. The number of benzene rings is 1. The van der Waals surface area contributed by atoms with E-state index in [4.69, 9.17) is 4.74 Å². The summed E-state index contributed by atoms with van der Waals surface area (Å²) in [6, 6.07) is 8.74. The van der Waals surface area contributed by atoms with Gasteiger partial charge in [0.05, 0.1) is 19.8 Å². The maximum atomic E-state index is 10.5. The molecule has 27 heavy (non-hydrogen) atoms. The number of methoxy groups -OCH3 is 1. The van der Waals surface area contributed by atoms with E-state index in [1.54, 1.807) is 7.11 Å². The summed E-state index contributed by atoms with van der Waals surface area (Å²) in [6.45, 7) is 5.46. The Morgan fingerprint density at radius 2 is 2.15 bits per heavy atom. The summed E-state index contributed by atoms with van der Waals surface area (Å²) in [7, 11) is 1.63. The molecule has 0 radical (unpaired) electrons. The second-order valence-corrected chi connectivity index (χ2v) is 7.58. The molecule has 0 aromatic heterocycles. The minimum atomic E-state index is -0.644. The SMILES string of the molecule is CCNC(=NCC(O)c1cccc(OC)c1)NC1CCN(C2CCCC2)C1. The number of aliphatic hydroxyl groups excluding tert-OH is 1. The fourth-order valence-electron chi connectivity index (χ4n) is 4.15.